The van der Waals surface area contributed by atoms with Gasteiger partial charge in [-0.25, -0.2) is 4.98 Å². The number of hydrogen-bond acceptors (Lipinski definition) is 2. The lowest BCUT2D eigenvalue weighted by atomic mass is 10.2. The molecule has 2 rings (SSSR count). The van der Waals surface area contributed by atoms with E-state index in [-0.39, 0.29) is 0 Å². The molecule has 0 saturated heterocycles. The molecule has 0 saturated carbocycles. The molecule has 0 amide bonds. The number of aliphatic carboxylic acids is 1. The van der Waals surface area contributed by atoms with E-state index in [0.717, 1.165) is 6.20 Å². The van der Waals surface area contributed by atoms with Gasteiger partial charge in [-0.1, -0.05) is 6.07 Å². The fraction of sp³-hybridized carbons (Fsp3) is 0.200. The number of halogens is 2. The summed E-state index contributed by atoms with van der Waals surface area (Å²) in [5.74, 6) is -5.00. The van der Waals surface area contributed by atoms with Crippen LogP contribution in [0.2, 0.25) is 0 Å². The molecule has 0 fully saturated rings. The van der Waals surface area contributed by atoms with E-state index in [1.807, 2.05) is 0 Å². The van der Waals surface area contributed by atoms with Gasteiger partial charge in [-0.05, 0) is 12.1 Å². The molecule has 0 aliphatic heterocycles. The molecule has 84 valence electrons. The zero-order valence-electron chi connectivity index (χ0n) is 8.10. The van der Waals surface area contributed by atoms with Crippen LogP contribution >= 0.6 is 0 Å². The van der Waals surface area contributed by atoms with Crippen LogP contribution in [0.3, 0.4) is 0 Å². The van der Waals surface area contributed by atoms with Crippen molar-refractivity contribution in [3.63, 3.8) is 0 Å². The van der Waals surface area contributed by atoms with Gasteiger partial charge in [0.25, 0.3) is 0 Å². The molecule has 0 atom stereocenters. The number of pyridine rings is 1. The second-order valence-electron chi connectivity index (χ2n) is 3.37. The number of hydrogen-bond donors (Lipinski definition) is 1. The average Bonchev–Trinajstić information content (AvgIpc) is 2.59. The van der Waals surface area contributed by atoms with Gasteiger partial charge in [-0.2, -0.15) is 8.78 Å². The molecule has 0 spiro atoms. The van der Waals surface area contributed by atoms with Crippen molar-refractivity contribution in [1.29, 1.82) is 0 Å². The van der Waals surface area contributed by atoms with Crippen molar-refractivity contribution in [2.24, 2.45) is 0 Å². The summed E-state index contributed by atoms with van der Waals surface area (Å²) >= 11 is 0. The Morgan fingerprint density at radius 1 is 1.50 bits per heavy atom. The highest BCUT2D eigenvalue weighted by atomic mass is 19.3. The van der Waals surface area contributed by atoms with Gasteiger partial charge < -0.3 is 9.51 Å². The summed E-state index contributed by atoms with van der Waals surface area (Å²) in [6, 6.07) is 4.91. The summed E-state index contributed by atoms with van der Waals surface area (Å²) in [4.78, 5) is 14.0. The molecular formula is C10H8F2N2O2. The van der Waals surface area contributed by atoms with Crippen molar-refractivity contribution >= 4 is 11.6 Å². The lowest BCUT2D eigenvalue weighted by molar-refractivity contribution is -0.145. The number of fused-ring (bicyclic) bond motifs is 1. The zero-order valence-corrected chi connectivity index (χ0v) is 8.10. The van der Waals surface area contributed by atoms with Crippen molar-refractivity contribution in [2.45, 2.75) is 12.3 Å². The molecule has 0 unspecified atom stereocenters. The molecule has 2 heterocycles. The van der Waals surface area contributed by atoms with Crippen LogP contribution in [0.1, 0.15) is 12.1 Å². The smallest absolute Gasteiger partial charge is 0.309 e. The quantitative estimate of drug-likeness (QED) is 0.869. The van der Waals surface area contributed by atoms with Crippen LogP contribution in [0.15, 0.2) is 30.6 Å². The highest BCUT2D eigenvalue weighted by Crippen LogP contribution is 2.30. The lowest BCUT2D eigenvalue weighted by Gasteiger charge is -2.09. The number of aromatic nitrogens is 2. The molecule has 16 heavy (non-hydrogen) atoms. The predicted octanol–water partition coefficient (Wildman–Crippen LogP) is 1.90. The molecule has 4 nitrogen and oxygen atoms in total. The van der Waals surface area contributed by atoms with E-state index < -0.39 is 24.0 Å². The Labute approximate surface area is 89.2 Å². The summed E-state index contributed by atoms with van der Waals surface area (Å²) in [6.45, 7) is 0. The molecule has 0 aliphatic carbocycles. The van der Waals surface area contributed by atoms with Crippen molar-refractivity contribution in [3.05, 3.63) is 36.3 Å². The van der Waals surface area contributed by atoms with E-state index in [1.165, 1.54) is 4.40 Å². The van der Waals surface area contributed by atoms with Crippen LogP contribution in [0.25, 0.3) is 5.65 Å². The summed E-state index contributed by atoms with van der Waals surface area (Å²) in [5.41, 5.74) is -0.163. The number of carboxylic acids is 1. The third-order valence-electron chi connectivity index (χ3n) is 2.11. The van der Waals surface area contributed by atoms with E-state index in [9.17, 15) is 13.6 Å². The maximum absolute atomic E-state index is 13.4. The molecule has 2 aromatic heterocycles. The minimum absolute atomic E-state index is 0.363. The molecule has 0 aliphatic rings. The normalized spacial score (nSPS) is 11.9. The van der Waals surface area contributed by atoms with Crippen molar-refractivity contribution in [2.75, 3.05) is 0 Å². The Morgan fingerprint density at radius 2 is 2.25 bits per heavy atom. The first kappa shape index (κ1) is 10.5. The minimum atomic E-state index is -3.45. The second kappa shape index (κ2) is 3.55. The van der Waals surface area contributed by atoms with Crippen LogP contribution in [-0.2, 0) is 10.7 Å². The molecule has 0 bridgehead atoms. The highest BCUT2D eigenvalue weighted by molar-refractivity contribution is 5.68. The van der Waals surface area contributed by atoms with Gasteiger partial charge >= 0.3 is 11.9 Å². The molecule has 0 aromatic carbocycles. The van der Waals surface area contributed by atoms with E-state index >= 15 is 0 Å². The topological polar surface area (TPSA) is 54.6 Å². The van der Waals surface area contributed by atoms with E-state index in [2.05, 4.69) is 4.98 Å². The maximum Gasteiger partial charge on any atom is 0.309 e. The van der Waals surface area contributed by atoms with E-state index in [0.29, 0.717) is 5.65 Å². The van der Waals surface area contributed by atoms with Gasteiger partial charge in [-0.3, -0.25) is 4.79 Å². The molecular weight excluding hydrogens is 218 g/mol. The predicted molar refractivity (Wildman–Crippen MR) is 51.3 cm³/mol. The van der Waals surface area contributed by atoms with Gasteiger partial charge in [-0.15, -0.1) is 0 Å². The SMILES string of the molecule is O=C(O)CC(F)(F)c1cn2ccccc2n1. The fourth-order valence-corrected chi connectivity index (χ4v) is 1.39. The average molecular weight is 226 g/mol. The molecule has 0 radical (unpaired) electrons. The van der Waals surface area contributed by atoms with E-state index in [4.69, 9.17) is 5.11 Å². The van der Waals surface area contributed by atoms with Crippen molar-refractivity contribution < 1.29 is 18.7 Å². The summed E-state index contributed by atoms with van der Waals surface area (Å²) in [6.07, 6.45) is 1.46. The maximum atomic E-state index is 13.4. The molecule has 1 N–H and O–H groups in total. The van der Waals surface area contributed by atoms with Crippen molar-refractivity contribution in [3.8, 4) is 0 Å². The van der Waals surface area contributed by atoms with Gasteiger partial charge in [0.1, 0.15) is 17.8 Å². The number of rotatable bonds is 3. The summed E-state index contributed by atoms with van der Waals surface area (Å²) in [5, 5.41) is 8.37. The minimum Gasteiger partial charge on any atom is -0.481 e. The number of carbonyl (C=O) groups is 1. The van der Waals surface area contributed by atoms with E-state index in [1.54, 1.807) is 24.4 Å². The lowest BCUT2D eigenvalue weighted by Crippen LogP contribution is -2.18. The Morgan fingerprint density at radius 3 is 2.88 bits per heavy atom. The van der Waals surface area contributed by atoms with Crippen LogP contribution in [0.5, 0.6) is 0 Å². The standard InChI is InChI=1S/C10H8F2N2O2/c11-10(12,5-9(15)16)7-6-14-4-2-1-3-8(14)13-7/h1-4,6H,5H2,(H,15,16). The Kier molecular flexibility index (Phi) is 2.34. The fourth-order valence-electron chi connectivity index (χ4n) is 1.39. The van der Waals surface area contributed by atoms with Crippen LogP contribution < -0.4 is 0 Å². The summed E-state index contributed by atoms with van der Waals surface area (Å²) in [7, 11) is 0. The molecule has 6 heteroatoms. The number of carboxylic acid groups (broad SMARTS) is 1. The second-order valence-corrected chi connectivity index (χ2v) is 3.37. The van der Waals surface area contributed by atoms with Crippen LogP contribution in [-0.4, -0.2) is 20.5 Å². The molecule has 2 aromatic rings. The Hall–Kier alpha value is -1.98. The Bertz CT molecular complexity index is 503. The summed E-state index contributed by atoms with van der Waals surface area (Å²) < 4.78 is 28.2. The van der Waals surface area contributed by atoms with Gasteiger partial charge in [0.2, 0.25) is 0 Å². The van der Waals surface area contributed by atoms with Crippen LogP contribution in [0, 0.1) is 0 Å². The number of alkyl halides is 2. The van der Waals surface area contributed by atoms with Crippen LogP contribution in [0.4, 0.5) is 8.78 Å². The van der Waals surface area contributed by atoms with Gasteiger partial charge in [0, 0.05) is 12.4 Å². The largest absolute Gasteiger partial charge is 0.481 e. The first-order chi connectivity index (χ1) is 7.49. The number of nitrogens with zero attached hydrogens (tertiary/aromatic N) is 2. The third-order valence-corrected chi connectivity index (χ3v) is 2.11. The first-order valence-corrected chi connectivity index (χ1v) is 4.53. The number of imidazole rings is 1. The first-order valence-electron chi connectivity index (χ1n) is 4.53. The van der Waals surface area contributed by atoms with Gasteiger partial charge in [0.05, 0.1) is 0 Å². The van der Waals surface area contributed by atoms with Crippen molar-refractivity contribution in [1.82, 2.24) is 9.38 Å². The Balaban J connectivity index is 2.43. The van der Waals surface area contributed by atoms with Gasteiger partial charge in [0.15, 0.2) is 0 Å². The third kappa shape index (κ3) is 1.86. The monoisotopic (exact) mass is 226 g/mol. The zero-order chi connectivity index (χ0) is 11.8. The highest BCUT2D eigenvalue weighted by Gasteiger charge is 2.37.